The number of rotatable bonds is 12. The van der Waals surface area contributed by atoms with Crippen molar-refractivity contribution in [2.75, 3.05) is 5.32 Å². The van der Waals surface area contributed by atoms with E-state index in [0.717, 1.165) is 84.9 Å². The predicted octanol–water partition coefficient (Wildman–Crippen LogP) is 10.1. The molecule has 202 valence electrons. The summed E-state index contributed by atoms with van der Waals surface area (Å²) in [5.74, 6) is -0.0286. The Labute approximate surface area is 235 Å². The van der Waals surface area contributed by atoms with Gasteiger partial charge in [-0.25, -0.2) is 0 Å². The first kappa shape index (κ1) is 28.4. The molecule has 4 aromatic rings. The van der Waals surface area contributed by atoms with Crippen molar-refractivity contribution in [3.05, 3.63) is 113 Å². The van der Waals surface area contributed by atoms with Gasteiger partial charge in [0.1, 0.15) is 0 Å². The van der Waals surface area contributed by atoms with Gasteiger partial charge in [0.25, 0.3) is 5.91 Å². The van der Waals surface area contributed by atoms with Crippen molar-refractivity contribution in [1.29, 1.82) is 0 Å². The second-order valence-electron chi connectivity index (χ2n) is 10.5. The third-order valence-electron chi connectivity index (χ3n) is 7.27. The lowest BCUT2D eigenvalue weighted by Gasteiger charge is -2.23. The Morgan fingerprint density at radius 1 is 0.564 bits per heavy atom. The fraction of sp³-hybridized carbons (Fsp3) is 0.324. The lowest BCUT2D eigenvalue weighted by atomic mass is 9.82. The number of carbonyl (C=O) groups excluding carboxylic acids is 1. The number of carbonyl (C=O) groups is 1. The van der Waals surface area contributed by atoms with Crippen LogP contribution < -0.4 is 5.32 Å². The minimum Gasteiger partial charge on any atom is -0.322 e. The highest BCUT2D eigenvalue weighted by atomic mass is 16.1. The second kappa shape index (κ2) is 13.9. The molecule has 0 aromatic heterocycles. The Balaban J connectivity index is 1.97. The van der Waals surface area contributed by atoms with Crippen molar-refractivity contribution in [2.45, 2.75) is 79.1 Å². The molecule has 4 aromatic carbocycles. The average molecular weight is 518 g/mol. The summed E-state index contributed by atoms with van der Waals surface area (Å²) in [6, 6.07) is 29.9. The quantitative estimate of drug-likeness (QED) is 0.199. The molecule has 0 fully saturated rings. The Morgan fingerprint density at radius 3 is 1.41 bits per heavy atom. The zero-order valence-electron chi connectivity index (χ0n) is 24.1. The van der Waals surface area contributed by atoms with Crippen molar-refractivity contribution in [2.24, 2.45) is 0 Å². The maximum Gasteiger partial charge on any atom is 0.256 e. The standard InChI is InChI=1S/C37H43NO/c1-5-15-27-23-28(16-6-2)25-33(24-27)38-37(39)36-34(29-19-11-9-12-20-29)31(17-7-3)26-32(18-8-4)35(36)30-21-13-10-14-22-30/h9-14,19-26H,5-8,15-18H2,1-4H3,(H,38,39). The minimum absolute atomic E-state index is 0.0286. The smallest absolute Gasteiger partial charge is 0.256 e. The van der Waals surface area contributed by atoms with Crippen LogP contribution in [0.25, 0.3) is 22.3 Å². The Hall–Kier alpha value is -3.65. The van der Waals surface area contributed by atoms with E-state index in [2.05, 4.69) is 106 Å². The first-order chi connectivity index (χ1) is 19.1. The third kappa shape index (κ3) is 6.87. The van der Waals surface area contributed by atoms with E-state index in [1.54, 1.807) is 0 Å². The van der Waals surface area contributed by atoms with E-state index in [4.69, 9.17) is 0 Å². The molecule has 2 nitrogen and oxygen atoms in total. The summed E-state index contributed by atoms with van der Waals surface area (Å²) in [4.78, 5) is 14.5. The van der Waals surface area contributed by atoms with E-state index < -0.39 is 0 Å². The highest BCUT2D eigenvalue weighted by Gasteiger charge is 2.25. The topological polar surface area (TPSA) is 29.1 Å². The maximum absolute atomic E-state index is 14.5. The molecule has 2 heteroatoms. The summed E-state index contributed by atoms with van der Waals surface area (Å²) in [6.07, 6.45) is 8.10. The number of amides is 1. The van der Waals surface area contributed by atoms with Crippen LogP contribution in [0, 0.1) is 0 Å². The molecule has 39 heavy (non-hydrogen) atoms. The number of hydrogen-bond donors (Lipinski definition) is 1. The molecule has 0 heterocycles. The van der Waals surface area contributed by atoms with Crippen molar-refractivity contribution < 1.29 is 4.79 Å². The molecule has 0 aliphatic rings. The summed E-state index contributed by atoms with van der Waals surface area (Å²) in [5, 5.41) is 3.38. The summed E-state index contributed by atoms with van der Waals surface area (Å²) < 4.78 is 0. The number of hydrogen-bond acceptors (Lipinski definition) is 1. The fourth-order valence-corrected chi connectivity index (χ4v) is 5.72. The zero-order chi connectivity index (χ0) is 27.6. The van der Waals surface area contributed by atoms with Crippen molar-refractivity contribution in [3.8, 4) is 22.3 Å². The molecular formula is C37H43NO. The molecule has 1 amide bonds. The van der Waals surface area contributed by atoms with Gasteiger partial charge >= 0.3 is 0 Å². The van der Waals surface area contributed by atoms with Crippen LogP contribution in [0.15, 0.2) is 84.9 Å². The molecule has 4 rings (SSSR count). The van der Waals surface area contributed by atoms with Gasteiger partial charge in [-0.05, 0) is 82.3 Å². The van der Waals surface area contributed by atoms with Crippen molar-refractivity contribution in [1.82, 2.24) is 0 Å². The van der Waals surface area contributed by atoms with Crippen LogP contribution in [-0.4, -0.2) is 5.91 Å². The van der Waals surface area contributed by atoms with Gasteiger partial charge in [-0.2, -0.15) is 0 Å². The molecule has 0 aliphatic carbocycles. The van der Waals surface area contributed by atoms with E-state index in [-0.39, 0.29) is 5.91 Å². The highest BCUT2D eigenvalue weighted by Crippen LogP contribution is 2.40. The minimum atomic E-state index is -0.0286. The lowest BCUT2D eigenvalue weighted by molar-refractivity contribution is 0.102. The largest absolute Gasteiger partial charge is 0.322 e. The first-order valence-corrected chi connectivity index (χ1v) is 14.8. The van der Waals surface area contributed by atoms with Gasteiger partial charge in [0, 0.05) is 5.69 Å². The summed E-state index contributed by atoms with van der Waals surface area (Å²) >= 11 is 0. The van der Waals surface area contributed by atoms with Crippen LogP contribution in [0.4, 0.5) is 5.69 Å². The number of nitrogens with one attached hydrogen (secondary N) is 1. The summed E-state index contributed by atoms with van der Waals surface area (Å²) in [7, 11) is 0. The normalized spacial score (nSPS) is 11.0. The molecular weight excluding hydrogens is 474 g/mol. The van der Waals surface area contributed by atoms with Crippen molar-refractivity contribution >= 4 is 11.6 Å². The van der Waals surface area contributed by atoms with E-state index in [0.29, 0.717) is 0 Å². The van der Waals surface area contributed by atoms with Gasteiger partial charge in [-0.3, -0.25) is 4.79 Å². The molecule has 0 aliphatic heterocycles. The molecule has 0 saturated heterocycles. The Morgan fingerprint density at radius 2 is 1.00 bits per heavy atom. The first-order valence-electron chi connectivity index (χ1n) is 14.8. The van der Waals surface area contributed by atoms with Gasteiger partial charge in [-0.15, -0.1) is 0 Å². The summed E-state index contributed by atoms with van der Waals surface area (Å²) in [6.45, 7) is 8.84. The predicted molar refractivity (Wildman–Crippen MR) is 168 cm³/mol. The van der Waals surface area contributed by atoms with Crippen LogP contribution in [0.5, 0.6) is 0 Å². The van der Waals surface area contributed by atoms with E-state index in [9.17, 15) is 4.79 Å². The molecule has 0 bridgehead atoms. The number of benzene rings is 4. The molecule has 1 N–H and O–H groups in total. The molecule has 0 saturated carbocycles. The van der Waals surface area contributed by atoms with Crippen LogP contribution >= 0.6 is 0 Å². The van der Waals surface area contributed by atoms with Gasteiger partial charge < -0.3 is 5.32 Å². The Kier molecular flexibility index (Phi) is 10.1. The van der Waals surface area contributed by atoms with Crippen LogP contribution in [0.2, 0.25) is 0 Å². The van der Waals surface area contributed by atoms with Gasteiger partial charge in [0.2, 0.25) is 0 Å². The fourth-order valence-electron chi connectivity index (χ4n) is 5.72. The lowest BCUT2D eigenvalue weighted by Crippen LogP contribution is -2.17. The second-order valence-corrected chi connectivity index (χ2v) is 10.5. The molecule has 0 radical (unpaired) electrons. The van der Waals surface area contributed by atoms with Crippen molar-refractivity contribution in [3.63, 3.8) is 0 Å². The third-order valence-corrected chi connectivity index (χ3v) is 7.27. The monoisotopic (exact) mass is 517 g/mol. The van der Waals surface area contributed by atoms with E-state index in [1.165, 1.54) is 22.3 Å². The average Bonchev–Trinajstić information content (AvgIpc) is 2.94. The van der Waals surface area contributed by atoms with Gasteiger partial charge in [-0.1, -0.05) is 126 Å². The maximum atomic E-state index is 14.5. The van der Waals surface area contributed by atoms with Crippen LogP contribution in [0.3, 0.4) is 0 Å². The zero-order valence-corrected chi connectivity index (χ0v) is 24.1. The number of anilines is 1. The van der Waals surface area contributed by atoms with E-state index in [1.807, 2.05) is 12.1 Å². The van der Waals surface area contributed by atoms with Crippen LogP contribution in [-0.2, 0) is 25.7 Å². The summed E-state index contributed by atoms with van der Waals surface area (Å²) in [5.41, 5.74) is 11.1. The Bertz CT molecular complexity index is 1280. The van der Waals surface area contributed by atoms with Crippen LogP contribution in [0.1, 0.15) is 86.0 Å². The van der Waals surface area contributed by atoms with Gasteiger partial charge in [0.15, 0.2) is 0 Å². The van der Waals surface area contributed by atoms with E-state index >= 15 is 0 Å². The van der Waals surface area contributed by atoms with Gasteiger partial charge in [0.05, 0.1) is 5.56 Å². The SMILES string of the molecule is CCCc1cc(CCC)cc(NC(=O)c2c(-c3ccccc3)c(CCC)cc(CCC)c2-c2ccccc2)c1. The molecule has 0 atom stereocenters. The molecule has 0 unspecified atom stereocenters. The molecule has 0 spiro atoms. The number of aryl methyl sites for hydroxylation is 4. The highest BCUT2D eigenvalue weighted by molar-refractivity contribution is 6.14.